The van der Waals surface area contributed by atoms with E-state index in [1.54, 1.807) is 11.3 Å². The zero-order valence-corrected chi connectivity index (χ0v) is 20.5. The van der Waals surface area contributed by atoms with Crippen LogP contribution in [0.1, 0.15) is 31.9 Å². The molecule has 3 heterocycles. The number of fused-ring (bicyclic) bond motifs is 3. The Morgan fingerprint density at radius 1 is 1.23 bits per heavy atom. The smallest absolute Gasteiger partial charge is 0.155 e. The van der Waals surface area contributed by atoms with E-state index >= 15 is 0 Å². The summed E-state index contributed by atoms with van der Waals surface area (Å²) in [6.45, 7) is 7.08. The molecule has 0 saturated carbocycles. The first-order valence-electron chi connectivity index (χ1n) is 9.41. The van der Waals surface area contributed by atoms with Gasteiger partial charge in [-0.3, -0.25) is 14.8 Å². The van der Waals surface area contributed by atoms with Crippen molar-refractivity contribution in [3.05, 3.63) is 71.1 Å². The van der Waals surface area contributed by atoms with Crippen molar-refractivity contribution in [2.75, 3.05) is 0 Å². The van der Waals surface area contributed by atoms with E-state index in [-0.39, 0.29) is 31.6 Å². The van der Waals surface area contributed by atoms with Gasteiger partial charge >= 0.3 is 0 Å². The fraction of sp³-hybridized carbons (Fsp3) is 0.208. The molecule has 3 aromatic heterocycles. The zero-order chi connectivity index (χ0) is 21.0. The normalized spacial score (nSPS) is 11.0. The molecule has 0 aliphatic rings. The number of hydrogen-bond acceptors (Lipinski definition) is 5. The van der Waals surface area contributed by atoms with Crippen molar-refractivity contribution in [2.24, 2.45) is 0 Å². The van der Waals surface area contributed by atoms with Crippen molar-refractivity contribution in [3.8, 4) is 11.3 Å². The van der Waals surface area contributed by atoms with Gasteiger partial charge in [0.25, 0.3) is 0 Å². The van der Waals surface area contributed by atoms with Crippen LogP contribution in [0.2, 0.25) is 0 Å². The molecule has 0 amide bonds. The van der Waals surface area contributed by atoms with Crippen LogP contribution in [0.4, 0.5) is 0 Å². The molecule has 1 N–H and O–H groups in total. The van der Waals surface area contributed by atoms with E-state index in [0.29, 0.717) is 0 Å². The predicted molar refractivity (Wildman–Crippen MR) is 120 cm³/mol. The van der Waals surface area contributed by atoms with Crippen molar-refractivity contribution >= 4 is 38.1 Å². The Morgan fingerprint density at radius 2 is 2.00 bits per heavy atom. The van der Waals surface area contributed by atoms with E-state index in [0.717, 1.165) is 39.5 Å². The second-order valence-corrected chi connectivity index (χ2v) is 7.79. The van der Waals surface area contributed by atoms with Crippen molar-refractivity contribution in [1.82, 2.24) is 9.97 Å². The number of aryl methyl sites for hydroxylation is 2. The van der Waals surface area contributed by atoms with Gasteiger partial charge in [-0.05, 0) is 48.9 Å². The minimum Gasteiger partial charge on any atom is -0.512 e. The Kier molecular flexibility index (Phi) is 8.42. The molecule has 1 aromatic carbocycles. The first-order chi connectivity index (χ1) is 13.9. The fourth-order valence-corrected chi connectivity index (χ4v) is 3.92. The van der Waals surface area contributed by atoms with Gasteiger partial charge in [-0.1, -0.05) is 35.6 Å². The number of aliphatic hydroxyl groups excluding tert-OH is 1. The van der Waals surface area contributed by atoms with Gasteiger partial charge in [-0.2, -0.15) is 11.3 Å². The summed E-state index contributed by atoms with van der Waals surface area (Å²) >= 11 is 1.72. The van der Waals surface area contributed by atoms with Gasteiger partial charge in [0.1, 0.15) is 0 Å². The second kappa shape index (κ2) is 10.6. The van der Waals surface area contributed by atoms with Gasteiger partial charge in [0.15, 0.2) is 5.78 Å². The Morgan fingerprint density at radius 3 is 2.63 bits per heavy atom. The molecule has 6 heteroatoms. The number of carbonyl (C=O) groups excluding carboxylic acids is 1. The molecule has 0 fully saturated rings. The molecule has 0 spiro atoms. The van der Waals surface area contributed by atoms with E-state index in [4.69, 9.17) is 5.11 Å². The van der Waals surface area contributed by atoms with E-state index in [2.05, 4.69) is 59.5 Å². The molecular weight excluding hydrogens is 573 g/mol. The minimum atomic E-state index is -0.125. The third-order valence-corrected chi connectivity index (χ3v) is 5.26. The Labute approximate surface area is 194 Å². The molecule has 0 aliphatic heterocycles. The molecule has 0 unspecified atom stereocenters. The molecule has 0 aliphatic carbocycles. The maximum Gasteiger partial charge on any atom is 0.155 e. The summed E-state index contributed by atoms with van der Waals surface area (Å²) in [5.41, 5.74) is 5.52. The van der Waals surface area contributed by atoms with Crippen LogP contribution in [0, 0.1) is 13.0 Å². The first-order valence-corrected chi connectivity index (χ1v) is 10.3. The van der Waals surface area contributed by atoms with Crippen LogP contribution < -0.4 is 0 Å². The van der Waals surface area contributed by atoms with Crippen LogP contribution in [0.15, 0.2) is 53.9 Å². The van der Waals surface area contributed by atoms with Crippen molar-refractivity contribution in [3.63, 3.8) is 0 Å². The summed E-state index contributed by atoms with van der Waals surface area (Å²) in [4.78, 5) is 19.3. The molecule has 4 nitrogen and oxygen atoms in total. The molecule has 1 radical (unpaired) electrons. The van der Waals surface area contributed by atoms with Crippen LogP contribution in [0.5, 0.6) is 0 Å². The van der Waals surface area contributed by atoms with Crippen LogP contribution >= 0.6 is 11.3 Å². The number of thiophene rings is 1. The third-order valence-electron chi connectivity index (χ3n) is 4.33. The Balaban J connectivity index is 0.000000350. The zero-order valence-electron chi connectivity index (χ0n) is 17.3. The second-order valence-electron chi connectivity index (χ2n) is 6.87. The minimum absolute atomic E-state index is 0. The molecule has 157 valence electrons. The first kappa shape index (κ1) is 23.9. The summed E-state index contributed by atoms with van der Waals surface area (Å²) in [5, 5.41) is 12.7. The molecular formula is C24H23IrN2O2S-. The summed E-state index contributed by atoms with van der Waals surface area (Å²) < 4.78 is 1.20. The summed E-state index contributed by atoms with van der Waals surface area (Å²) in [7, 11) is 0. The van der Waals surface area contributed by atoms with Crippen LogP contribution in [-0.4, -0.2) is 20.9 Å². The summed E-state index contributed by atoms with van der Waals surface area (Å²) in [6, 6.07) is 12.1. The van der Waals surface area contributed by atoms with E-state index < -0.39 is 0 Å². The number of aliphatic hydroxyl groups is 1. The Hall–Kier alpha value is -2.40. The maximum absolute atomic E-state index is 10.0. The van der Waals surface area contributed by atoms with Gasteiger partial charge < -0.3 is 5.11 Å². The average Bonchev–Trinajstić information content (AvgIpc) is 3.15. The van der Waals surface area contributed by atoms with E-state index in [9.17, 15) is 4.79 Å². The Bertz CT molecular complexity index is 1210. The number of carbonyl (C=O) groups is 1. The number of pyridine rings is 2. The molecule has 0 saturated heterocycles. The molecule has 0 atom stereocenters. The van der Waals surface area contributed by atoms with E-state index in [1.165, 1.54) is 30.2 Å². The molecule has 0 bridgehead atoms. The number of benzene rings is 1. The monoisotopic (exact) mass is 596 g/mol. The number of aromatic nitrogens is 2. The predicted octanol–water partition coefficient (Wildman–Crippen LogP) is 6.22. The number of ketones is 1. The van der Waals surface area contributed by atoms with Crippen molar-refractivity contribution in [1.29, 1.82) is 0 Å². The molecule has 30 heavy (non-hydrogen) atoms. The SMILES string of the molecule is CC(=O)/C=C(/C)O.CCc1ccnc(-c2[c-]c3ccsc3c3ncc(C)cc23)c1.[Ir]. The molecule has 4 aromatic rings. The van der Waals surface area contributed by atoms with Gasteiger partial charge in [-0.25, -0.2) is 0 Å². The van der Waals surface area contributed by atoms with Crippen molar-refractivity contribution in [2.45, 2.75) is 34.1 Å². The fourth-order valence-electron chi connectivity index (χ4n) is 3.06. The van der Waals surface area contributed by atoms with Crippen LogP contribution in [0.3, 0.4) is 0 Å². The standard InChI is InChI=1S/C19H15N2S.C5H8O2.Ir/c1-3-13-4-6-20-17(9-13)15-10-14-5-7-22-19(14)18-16(15)8-12(2)11-21-18;1-4(6)3-5(2)7;/h4-9,11H,3H2,1-2H3;3,6H,1-2H3;/q-1;;/b;4-3-;. The van der Waals surface area contributed by atoms with Crippen molar-refractivity contribution < 1.29 is 30.0 Å². The summed E-state index contributed by atoms with van der Waals surface area (Å²) in [5.74, 6) is -0.0625. The number of hydrogen-bond donors (Lipinski definition) is 1. The van der Waals surface area contributed by atoms with Gasteiger partial charge in [-0.15, -0.1) is 17.5 Å². The third kappa shape index (κ3) is 5.60. The van der Waals surface area contributed by atoms with E-state index in [1.807, 2.05) is 12.4 Å². The quantitative estimate of drug-likeness (QED) is 0.174. The largest absolute Gasteiger partial charge is 0.512 e. The number of nitrogens with zero attached hydrogens (tertiary/aromatic N) is 2. The molecule has 4 rings (SSSR count). The number of rotatable bonds is 3. The van der Waals surface area contributed by atoms with Gasteiger partial charge in [0.05, 0.1) is 5.76 Å². The van der Waals surface area contributed by atoms with Crippen LogP contribution in [-0.2, 0) is 31.3 Å². The average molecular weight is 596 g/mol. The number of allylic oxidation sites excluding steroid dienone is 2. The van der Waals surface area contributed by atoms with Gasteiger partial charge in [0, 0.05) is 49.8 Å². The van der Waals surface area contributed by atoms with Crippen LogP contribution in [0.25, 0.3) is 32.2 Å². The topological polar surface area (TPSA) is 63.1 Å². The maximum atomic E-state index is 10.0. The van der Waals surface area contributed by atoms with Gasteiger partial charge in [0.2, 0.25) is 0 Å². The summed E-state index contributed by atoms with van der Waals surface area (Å²) in [6.07, 6.45) is 5.99.